The van der Waals surface area contributed by atoms with Crippen LogP contribution in [0.4, 0.5) is 4.79 Å². The molecule has 0 spiro atoms. The van der Waals surface area contributed by atoms with Crippen molar-refractivity contribution in [2.75, 3.05) is 7.05 Å². The quantitative estimate of drug-likeness (QED) is 0.749. The summed E-state index contributed by atoms with van der Waals surface area (Å²) < 4.78 is 5.86. The van der Waals surface area contributed by atoms with Gasteiger partial charge in [0.2, 0.25) is 0 Å². The molecule has 0 aliphatic carbocycles. The van der Waals surface area contributed by atoms with E-state index < -0.39 is 0 Å². The lowest BCUT2D eigenvalue weighted by atomic mass is 10.2. The lowest BCUT2D eigenvalue weighted by molar-refractivity contribution is -0.121. The van der Waals surface area contributed by atoms with Crippen molar-refractivity contribution >= 4 is 40.6 Å². The standard InChI is InChI=1S/C18H14ClNO3S/c1-20-17(21)16(24-18(20)22)10-13-4-2-3-5-15(13)23-11-12-6-8-14(19)9-7-12/h2-10H,11H2,1H3/b16-10-. The summed E-state index contributed by atoms with van der Waals surface area (Å²) in [5.41, 5.74) is 1.74. The Labute approximate surface area is 149 Å². The van der Waals surface area contributed by atoms with Gasteiger partial charge in [-0.25, -0.2) is 0 Å². The second-order valence-electron chi connectivity index (χ2n) is 5.19. The highest BCUT2D eigenvalue weighted by molar-refractivity contribution is 8.18. The summed E-state index contributed by atoms with van der Waals surface area (Å²) in [6, 6.07) is 14.8. The number of amides is 2. The highest BCUT2D eigenvalue weighted by Gasteiger charge is 2.31. The van der Waals surface area contributed by atoms with Gasteiger partial charge in [0.15, 0.2) is 0 Å². The van der Waals surface area contributed by atoms with Gasteiger partial charge < -0.3 is 4.74 Å². The summed E-state index contributed by atoms with van der Waals surface area (Å²) >= 11 is 6.80. The third-order valence-corrected chi connectivity index (χ3v) is 4.71. The number of likely N-dealkylation sites (N-methyl/N-ethyl adjacent to an activating group) is 1. The van der Waals surface area contributed by atoms with E-state index in [2.05, 4.69) is 0 Å². The Morgan fingerprint density at radius 2 is 1.83 bits per heavy atom. The van der Waals surface area contributed by atoms with Gasteiger partial charge in [-0.3, -0.25) is 14.5 Å². The predicted molar refractivity (Wildman–Crippen MR) is 96.0 cm³/mol. The predicted octanol–water partition coefficient (Wildman–Crippen LogP) is 4.59. The van der Waals surface area contributed by atoms with Crippen LogP contribution in [0, 0.1) is 0 Å². The van der Waals surface area contributed by atoms with Crippen LogP contribution in [-0.2, 0) is 11.4 Å². The zero-order valence-electron chi connectivity index (χ0n) is 12.9. The fourth-order valence-corrected chi connectivity index (χ4v) is 3.10. The number of imide groups is 1. The average Bonchev–Trinajstić information content (AvgIpc) is 2.82. The average molecular weight is 360 g/mol. The van der Waals surface area contributed by atoms with Gasteiger partial charge in [0.05, 0.1) is 4.91 Å². The Morgan fingerprint density at radius 3 is 2.50 bits per heavy atom. The van der Waals surface area contributed by atoms with Crippen molar-refractivity contribution < 1.29 is 14.3 Å². The number of hydrogen-bond acceptors (Lipinski definition) is 4. The molecule has 3 rings (SSSR count). The first kappa shape index (κ1) is 16.6. The minimum atomic E-state index is -0.294. The van der Waals surface area contributed by atoms with E-state index in [1.807, 2.05) is 48.5 Å². The molecule has 0 bridgehead atoms. The van der Waals surface area contributed by atoms with E-state index in [1.54, 1.807) is 6.08 Å². The molecule has 6 heteroatoms. The maximum atomic E-state index is 12.0. The fourth-order valence-electron chi connectivity index (χ4n) is 2.16. The van der Waals surface area contributed by atoms with E-state index in [0.29, 0.717) is 22.3 Å². The first-order valence-electron chi connectivity index (χ1n) is 7.22. The number of carbonyl (C=O) groups is 2. The lowest BCUT2D eigenvalue weighted by Gasteiger charge is -2.10. The summed E-state index contributed by atoms with van der Waals surface area (Å²) in [4.78, 5) is 25.1. The molecule has 0 radical (unpaired) electrons. The van der Waals surface area contributed by atoms with E-state index >= 15 is 0 Å². The van der Waals surface area contributed by atoms with Crippen molar-refractivity contribution in [1.29, 1.82) is 0 Å². The summed E-state index contributed by atoms with van der Waals surface area (Å²) in [5.74, 6) is 0.354. The molecule has 0 saturated carbocycles. The molecular weight excluding hydrogens is 346 g/mol. The second kappa shape index (κ2) is 7.11. The van der Waals surface area contributed by atoms with Crippen molar-refractivity contribution in [1.82, 2.24) is 4.90 Å². The van der Waals surface area contributed by atoms with E-state index in [-0.39, 0.29) is 11.1 Å². The highest BCUT2D eigenvalue weighted by Crippen LogP contribution is 2.33. The fraction of sp³-hybridized carbons (Fsp3) is 0.111. The molecule has 4 nitrogen and oxygen atoms in total. The number of rotatable bonds is 4. The van der Waals surface area contributed by atoms with Gasteiger partial charge in [-0.1, -0.05) is 41.9 Å². The van der Waals surface area contributed by atoms with Crippen LogP contribution in [0.2, 0.25) is 5.02 Å². The van der Waals surface area contributed by atoms with Gasteiger partial charge in [0.1, 0.15) is 12.4 Å². The molecule has 24 heavy (non-hydrogen) atoms. The Hall–Kier alpha value is -2.24. The first-order valence-corrected chi connectivity index (χ1v) is 8.42. The van der Waals surface area contributed by atoms with Crippen molar-refractivity contribution in [3.63, 3.8) is 0 Å². The van der Waals surface area contributed by atoms with E-state index in [4.69, 9.17) is 16.3 Å². The third-order valence-electron chi connectivity index (χ3n) is 3.50. The van der Waals surface area contributed by atoms with E-state index in [1.165, 1.54) is 7.05 Å². The molecule has 1 aliphatic rings. The third kappa shape index (κ3) is 3.63. The molecule has 1 fully saturated rings. The largest absolute Gasteiger partial charge is 0.488 e. The van der Waals surface area contributed by atoms with Crippen LogP contribution < -0.4 is 4.74 Å². The van der Waals surface area contributed by atoms with E-state index in [9.17, 15) is 9.59 Å². The summed E-state index contributed by atoms with van der Waals surface area (Å²) in [7, 11) is 1.47. The highest BCUT2D eigenvalue weighted by atomic mass is 35.5. The Kier molecular flexibility index (Phi) is 4.92. The van der Waals surface area contributed by atoms with Crippen molar-refractivity contribution in [2.45, 2.75) is 6.61 Å². The van der Waals surface area contributed by atoms with Crippen molar-refractivity contribution in [2.24, 2.45) is 0 Å². The summed E-state index contributed by atoms with van der Waals surface area (Å²) in [6.45, 7) is 0.386. The molecule has 122 valence electrons. The van der Waals surface area contributed by atoms with Gasteiger partial charge in [0, 0.05) is 17.6 Å². The van der Waals surface area contributed by atoms with Crippen LogP contribution in [0.3, 0.4) is 0 Å². The minimum Gasteiger partial charge on any atom is -0.488 e. The number of halogens is 1. The van der Waals surface area contributed by atoms with Crippen LogP contribution in [-0.4, -0.2) is 23.1 Å². The van der Waals surface area contributed by atoms with Gasteiger partial charge in [-0.05, 0) is 41.6 Å². The number of para-hydroxylation sites is 1. The zero-order valence-corrected chi connectivity index (χ0v) is 14.4. The lowest BCUT2D eigenvalue weighted by Crippen LogP contribution is -2.22. The van der Waals surface area contributed by atoms with Gasteiger partial charge in [0.25, 0.3) is 11.1 Å². The zero-order chi connectivity index (χ0) is 17.1. The molecule has 2 aromatic carbocycles. The number of nitrogens with zero attached hydrogens (tertiary/aromatic N) is 1. The van der Waals surface area contributed by atoms with Crippen LogP contribution in [0.1, 0.15) is 11.1 Å². The molecule has 2 amide bonds. The number of carbonyl (C=O) groups excluding carboxylic acids is 2. The molecule has 0 atom stereocenters. The number of thioether (sulfide) groups is 1. The second-order valence-corrected chi connectivity index (χ2v) is 6.62. The van der Waals surface area contributed by atoms with Gasteiger partial charge in [-0.15, -0.1) is 0 Å². The Balaban J connectivity index is 1.79. The van der Waals surface area contributed by atoms with E-state index in [0.717, 1.165) is 27.8 Å². The number of ether oxygens (including phenoxy) is 1. The molecule has 0 N–H and O–H groups in total. The van der Waals surface area contributed by atoms with Gasteiger partial charge >= 0.3 is 0 Å². The molecular formula is C18H14ClNO3S. The Morgan fingerprint density at radius 1 is 1.12 bits per heavy atom. The Bertz CT molecular complexity index is 817. The van der Waals surface area contributed by atoms with Gasteiger partial charge in [-0.2, -0.15) is 0 Å². The first-order chi connectivity index (χ1) is 11.5. The maximum Gasteiger partial charge on any atom is 0.293 e. The SMILES string of the molecule is CN1C(=O)S/C(=C\c2ccccc2OCc2ccc(Cl)cc2)C1=O. The topological polar surface area (TPSA) is 46.6 Å². The molecule has 1 aliphatic heterocycles. The van der Waals surface area contributed by atoms with Crippen molar-refractivity contribution in [3.8, 4) is 5.75 Å². The van der Waals surface area contributed by atoms with Crippen LogP contribution >= 0.6 is 23.4 Å². The minimum absolute atomic E-state index is 0.272. The summed E-state index contributed by atoms with van der Waals surface area (Å²) in [6.07, 6.45) is 1.69. The molecule has 2 aromatic rings. The number of hydrogen-bond donors (Lipinski definition) is 0. The maximum absolute atomic E-state index is 12.0. The monoisotopic (exact) mass is 359 g/mol. The van der Waals surface area contributed by atoms with Crippen LogP contribution in [0.15, 0.2) is 53.4 Å². The molecule has 0 aromatic heterocycles. The van der Waals surface area contributed by atoms with Crippen molar-refractivity contribution in [3.05, 3.63) is 69.6 Å². The normalized spacial score (nSPS) is 16.1. The molecule has 1 heterocycles. The molecule has 0 unspecified atom stereocenters. The molecule has 1 saturated heterocycles. The number of benzene rings is 2. The summed E-state index contributed by atoms with van der Waals surface area (Å²) in [5, 5.41) is 0.403. The smallest absolute Gasteiger partial charge is 0.293 e. The van der Waals surface area contributed by atoms with Crippen LogP contribution in [0.25, 0.3) is 6.08 Å². The van der Waals surface area contributed by atoms with Crippen LogP contribution in [0.5, 0.6) is 5.75 Å².